The van der Waals surface area contributed by atoms with E-state index >= 15 is 0 Å². The molecule has 0 heterocycles. The Morgan fingerprint density at radius 3 is 2.06 bits per heavy atom. The number of amides is 3. The number of hydrogen-bond donors (Lipinski definition) is 6. The van der Waals surface area contributed by atoms with E-state index in [0.29, 0.717) is 24.9 Å². The Kier molecular flexibility index (Phi) is 11.5. The van der Waals surface area contributed by atoms with Crippen LogP contribution in [0.25, 0.3) is 0 Å². The Balaban J connectivity index is 2.64. The van der Waals surface area contributed by atoms with Gasteiger partial charge in [0.05, 0.1) is 0 Å². The molecule has 12 heteroatoms. The van der Waals surface area contributed by atoms with Crippen molar-refractivity contribution < 1.29 is 44.0 Å². The van der Waals surface area contributed by atoms with Crippen molar-refractivity contribution in [3.05, 3.63) is 29.8 Å². The van der Waals surface area contributed by atoms with Crippen LogP contribution < -0.4 is 16.0 Å². The van der Waals surface area contributed by atoms with E-state index in [-0.39, 0.29) is 24.5 Å². The first-order valence-electron chi connectivity index (χ1n) is 11.1. The lowest BCUT2D eigenvalue weighted by molar-refractivity contribution is -0.157. The fraction of sp³-hybridized carbons (Fsp3) is 0.522. The normalized spacial score (nSPS) is 12.7. The maximum absolute atomic E-state index is 12.6. The minimum absolute atomic E-state index is 0.0443. The third kappa shape index (κ3) is 12.3. The summed E-state index contributed by atoms with van der Waals surface area (Å²) in [5.41, 5.74) is -0.444. The summed E-state index contributed by atoms with van der Waals surface area (Å²) < 4.78 is 5.33. The van der Waals surface area contributed by atoms with Gasteiger partial charge in [-0.3, -0.25) is 9.59 Å². The zero-order valence-corrected chi connectivity index (χ0v) is 20.0. The maximum atomic E-state index is 12.6. The average molecular weight is 496 g/mol. The summed E-state index contributed by atoms with van der Waals surface area (Å²) in [6.45, 7) is 5.27. The Bertz CT molecular complexity index is 894. The predicted octanol–water partition coefficient (Wildman–Crippen LogP) is 1.62. The summed E-state index contributed by atoms with van der Waals surface area (Å²) in [4.78, 5) is 59.0. The molecule has 1 aromatic rings. The first-order valence-corrected chi connectivity index (χ1v) is 11.1. The molecule has 35 heavy (non-hydrogen) atoms. The number of rotatable bonds is 13. The van der Waals surface area contributed by atoms with E-state index in [1.807, 2.05) is 0 Å². The minimum Gasteiger partial charge on any atom is -0.508 e. The summed E-state index contributed by atoms with van der Waals surface area (Å²) in [6.07, 6.45) is 0.271. The van der Waals surface area contributed by atoms with Crippen molar-refractivity contribution in [3.8, 4) is 5.75 Å². The molecule has 0 aromatic heterocycles. The van der Waals surface area contributed by atoms with Crippen molar-refractivity contribution >= 4 is 29.8 Å². The fourth-order valence-corrected chi connectivity index (χ4v) is 2.90. The topological polar surface area (TPSA) is 191 Å². The summed E-state index contributed by atoms with van der Waals surface area (Å²) in [5.74, 6) is -3.60. The molecule has 6 N–H and O–H groups in total. The zero-order valence-electron chi connectivity index (χ0n) is 20.0. The molecule has 0 saturated carbocycles. The van der Waals surface area contributed by atoms with Crippen LogP contribution in [0.15, 0.2) is 24.3 Å². The van der Waals surface area contributed by atoms with Gasteiger partial charge in [0.2, 0.25) is 0 Å². The van der Waals surface area contributed by atoms with Crippen molar-refractivity contribution in [3.63, 3.8) is 0 Å². The number of carboxylic acid groups (broad SMARTS) is 2. The Morgan fingerprint density at radius 1 is 0.914 bits per heavy atom. The molecule has 1 rings (SSSR count). The third-order valence-corrected chi connectivity index (χ3v) is 4.58. The average Bonchev–Trinajstić information content (AvgIpc) is 2.74. The molecule has 194 valence electrons. The molecule has 0 bridgehead atoms. The molecule has 0 radical (unpaired) electrons. The third-order valence-electron chi connectivity index (χ3n) is 4.58. The lowest BCUT2D eigenvalue weighted by atomic mass is 10.1. The van der Waals surface area contributed by atoms with Gasteiger partial charge in [-0.15, -0.1) is 0 Å². The highest BCUT2D eigenvalue weighted by Crippen LogP contribution is 2.12. The first-order chi connectivity index (χ1) is 16.3. The molecule has 12 nitrogen and oxygen atoms in total. The predicted molar refractivity (Wildman–Crippen MR) is 124 cm³/mol. The largest absolute Gasteiger partial charge is 0.508 e. The van der Waals surface area contributed by atoms with E-state index in [2.05, 4.69) is 16.0 Å². The van der Waals surface area contributed by atoms with E-state index < -0.39 is 48.0 Å². The number of esters is 1. The van der Waals surface area contributed by atoms with Crippen molar-refractivity contribution in [1.82, 2.24) is 16.0 Å². The van der Waals surface area contributed by atoms with Crippen LogP contribution in [0, 0.1) is 0 Å². The fourth-order valence-electron chi connectivity index (χ4n) is 2.90. The monoisotopic (exact) mass is 495 g/mol. The standard InChI is InChI=1S/C23H33N3O9/c1-23(2,3)35-21(33)17(26-22(34)25-16(20(31)32)11-12-18(28)29)6-4-5-13-24-19(30)14-7-9-15(27)10-8-14/h7-10,16-17,27H,4-6,11-13H2,1-3H3,(H,24,30)(H,28,29)(H,31,32)(H2,25,26,34)/t16-,17-/m0/s1. The molecule has 2 atom stereocenters. The molecular formula is C23H33N3O9. The highest BCUT2D eigenvalue weighted by atomic mass is 16.6. The van der Waals surface area contributed by atoms with Gasteiger partial charge in [0, 0.05) is 18.5 Å². The number of phenolic OH excluding ortho intramolecular Hbond substituents is 1. The highest BCUT2D eigenvalue weighted by molar-refractivity contribution is 5.94. The number of carbonyl (C=O) groups is 5. The molecule has 1 aromatic carbocycles. The van der Waals surface area contributed by atoms with Crippen LogP contribution in [0.4, 0.5) is 4.79 Å². The second-order valence-electron chi connectivity index (χ2n) is 8.83. The summed E-state index contributed by atoms with van der Waals surface area (Å²) in [6, 6.07) is 2.27. The number of hydrogen-bond acceptors (Lipinski definition) is 7. The van der Waals surface area contributed by atoms with Crippen LogP contribution in [-0.4, -0.2) is 69.4 Å². The molecule has 0 unspecified atom stereocenters. The number of unbranched alkanes of at least 4 members (excludes halogenated alkanes) is 1. The van der Waals surface area contributed by atoms with Gasteiger partial charge in [-0.25, -0.2) is 14.4 Å². The number of aromatic hydroxyl groups is 1. The Labute approximate surface area is 203 Å². The minimum atomic E-state index is -1.44. The van der Waals surface area contributed by atoms with Crippen LogP contribution in [0.5, 0.6) is 5.75 Å². The number of urea groups is 1. The van der Waals surface area contributed by atoms with Crippen molar-refractivity contribution in [2.24, 2.45) is 0 Å². The lowest BCUT2D eigenvalue weighted by Gasteiger charge is -2.25. The first kappa shape index (κ1) is 29.2. The van der Waals surface area contributed by atoms with Gasteiger partial charge in [0.15, 0.2) is 0 Å². The van der Waals surface area contributed by atoms with Gasteiger partial charge in [-0.05, 0) is 70.7 Å². The van der Waals surface area contributed by atoms with Gasteiger partial charge in [-0.2, -0.15) is 0 Å². The van der Waals surface area contributed by atoms with Gasteiger partial charge >= 0.3 is 23.9 Å². The Hall–Kier alpha value is -3.83. The van der Waals surface area contributed by atoms with E-state index in [1.165, 1.54) is 24.3 Å². The zero-order chi connectivity index (χ0) is 26.6. The van der Waals surface area contributed by atoms with Crippen LogP contribution in [-0.2, 0) is 19.1 Å². The number of nitrogens with one attached hydrogen (secondary N) is 3. The number of carbonyl (C=O) groups excluding carboxylic acids is 3. The van der Waals surface area contributed by atoms with Crippen LogP contribution in [0.1, 0.15) is 63.2 Å². The number of carboxylic acids is 2. The molecule has 3 amide bonds. The summed E-state index contributed by atoms with van der Waals surface area (Å²) >= 11 is 0. The van der Waals surface area contributed by atoms with E-state index in [1.54, 1.807) is 20.8 Å². The van der Waals surface area contributed by atoms with Crippen molar-refractivity contribution in [2.45, 2.75) is 70.6 Å². The van der Waals surface area contributed by atoms with Crippen LogP contribution in [0.2, 0.25) is 0 Å². The van der Waals surface area contributed by atoms with E-state index in [4.69, 9.17) is 9.84 Å². The van der Waals surface area contributed by atoms with Crippen molar-refractivity contribution in [2.75, 3.05) is 6.54 Å². The van der Waals surface area contributed by atoms with Crippen LogP contribution in [0.3, 0.4) is 0 Å². The Morgan fingerprint density at radius 2 is 1.51 bits per heavy atom. The quantitative estimate of drug-likeness (QED) is 0.174. The van der Waals surface area contributed by atoms with E-state index in [0.717, 1.165) is 0 Å². The maximum Gasteiger partial charge on any atom is 0.329 e. The molecule has 0 saturated heterocycles. The summed E-state index contributed by atoms with van der Waals surface area (Å²) in [7, 11) is 0. The number of ether oxygens (including phenoxy) is 1. The summed E-state index contributed by atoms with van der Waals surface area (Å²) in [5, 5.41) is 34.5. The van der Waals surface area contributed by atoms with E-state index in [9.17, 15) is 34.2 Å². The molecule has 0 aliphatic rings. The molecule has 0 fully saturated rings. The van der Waals surface area contributed by atoms with Gasteiger partial charge in [0.1, 0.15) is 23.4 Å². The van der Waals surface area contributed by atoms with Gasteiger partial charge in [-0.1, -0.05) is 0 Å². The number of benzene rings is 1. The van der Waals surface area contributed by atoms with Crippen LogP contribution >= 0.6 is 0 Å². The second kappa shape index (κ2) is 13.8. The molecule has 0 spiro atoms. The van der Waals surface area contributed by atoms with Gasteiger partial charge < -0.3 is 36.0 Å². The smallest absolute Gasteiger partial charge is 0.329 e. The SMILES string of the molecule is CC(C)(C)OC(=O)[C@H](CCCCNC(=O)c1ccc(O)cc1)NC(=O)N[C@@H](CCC(=O)O)C(=O)O. The number of aliphatic carboxylic acids is 2. The van der Waals surface area contributed by atoms with Crippen molar-refractivity contribution in [1.29, 1.82) is 0 Å². The second-order valence-corrected chi connectivity index (χ2v) is 8.83. The highest BCUT2D eigenvalue weighted by Gasteiger charge is 2.28. The molecular weight excluding hydrogens is 462 g/mol. The van der Waals surface area contributed by atoms with Gasteiger partial charge in [0.25, 0.3) is 5.91 Å². The molecule has 0 aliphatic heterocycles. The number of phenols is 1. The lowest BCUT2D eigenvalue weighted by Crippen LogP contribution is -2.52. The molecule has 0 aliphatic carbocycles.